The Hall–Kier alpha value is -1.42. The molecule has 2 aromatic heterocycles. The molecule has 2 rings (SSSR count). The molecule has 13 heavy (non-hydrogen) atoms. The molecule has 0 aliphatic carbocycles. The van der Waals surface area contributed by atoms with Gasteiger partial charge in [0, 0.05) is 13.1 Å². The molecule has 5 heteroatoms. The molecule has 4 nitrogen and oxygen atoms in total. The van der Waals surface area contributed by atoms with Crippen molar-refractivity contribution in [3.05, 3.63) is 29.4 Å². The Morgan fingerprint density at radius 2 is 2.23 bits per heavy atom. The van der Waals surface area contributed by atoms with Gasteiger partial charge in [0.25, 0.3) is 5.89 Å². The molecule has 66 valence electrons. The van der Waals surface area contributed by atoms with E-state index in [9.17, 15) is 0 Å². The predicted octanol–water partition coefficient (Wildman–Crippen LogP) is 2.09. The third-order valence-electron chi connectivity index (χ3n) is 1.52. The molecule has 0 radical (unpaired) electrons. The van der Waals surface area contributed by atoms with Gasteiger partial charge in [-0.1, -0.05) is 11.6 Å². The molecular weight excluding hydrogens is 190 g/mol. The Morgan fingerprint density at radius 1 is 1.38 bits per heavy atom. The summed E-state index contributed by atoms with van der Waals surface area (Å²) in [6.45, 7) is 1.72. The lowest BCUT2D eigenvalue weighted by Crippen LogP contribution is -1.81. The van der Waals surface area contributed by atoms with E-state index in [1.54, 1.807) is 25.3 Å². The molecule has 0 atom stereocenters. The summed E-state index contributed by atoms with van der Waals surface area (Å²) in [7, 11) is 0. The Balaban J connectivity index is 2.52. The third kappa shape index (κ3) is 1.53. The number of aryl methyl sites for hydroxylation is 1. The largest absolute Gasteiger partial charge is 0.421 e. The number of nitrogens with zero attached hydrogens (tertiary/aromatic N) is 3. The van der Waals surface area contributed by atoms with E-state index >= 15 is 0 Å². The van der Waals surface area contributed by atoms with Crippen molar-refractivity contribution < 1.29 is 4.42 Å². The average Bonchev–Trinajstić information content (AvgIpc) is 2.53. The van der Waals surface area contributed by atoms with Gasteiger partial charge in [0.2, 0.25) is 5.89 Å². The lowest BCUT2D eigenvalue weighted by Gasteiger charge is -1.94. The molecule has 0 spiro atoms. The molecule has 0 N–H and O–H groups in total. The SMILES string of the molecule is Cc1nnc(-c2cccnc2Cl)o1. The van der Waals surface area contributed by atoms with Crippen molar-refractivity contribution in [1.82, 2.24) is 15.2 Å². The first-order valence-electron chi connectivity index (χ1n) is 3.68. The smallest absolute Gasteiger partial charge is 0.250 e. The second-order valence-corrected chi connectivity index (χ2v) is 2.83. The highest BCUT2D eigenvalue weighted by Gasteiger charge is 2.09. The second kappa shape index (κ2) is 3.14. The van der Waals surface area contributed by atoms with Crippen LogP contribution in [-0.4, -0.2) is 15.2 Å². The van der Waals surface area contributed by atoms with Crippen molar-refractivity contribution in [3.8, 4) is 11.5 Å². The van der Waals surface area contributed by atoms with Crippen LogP contribution in [0.25, 0.3) is 11.5 Å². The highest BCUT2D eigenvalue weighted by molar-refractivity contribution is 6.31. The first-order chi connectivity index (χ1) is 6.27. The molecule has 0 aliphatic rings. The Bertz CT molecular complexity index is 427. The quantitative estimate of drug-likeness (QED) is 0.654. The van der Waals surface area contributed by atoms with Crippen LogP contribution in [0.15, 0.2) is 22.7 Å². The molecule has 0 unspecified atom stereocenters. The number of halogens is 1. The predicted molar refractivity (Wildman–Crippen MR) is 47.3 cm³/mol. The summed E-state index contributed by atoms with van der Waals surface area (Å²) >= 11 is 5.83. The zero-order chi connectivity index (χ0) is 9.26. The van der Waals surface area contributed by atoms with Crippen LogP contribution in [0.2, 0.25) is 5.15 Å². The summed E-state index contributed by atoms with van der Waals surface area (Å²) in [5.41, 5.74) is 0.657. The molecule has 2 heterocycles. The van der Waals surface area contributed by atoms with Crippen LogP contribution < -0.4 is 0 Å². The van der Waals surface area contributed by atoms with E-state index in [2.05, 4.69) is 15.2 Å². The molecule has 0 amide bonds. The van der Waals surface area contributed by atoms with Crippen LogP contribution in [0.5, 0.6) is 0 Å². The Kier molecular flexibility index (Phi) is 1.98. The van der Waals surface area contributed by atoms with E-state index in [4.69, 9.17) is 16.0 Å². The maximum Gasteiger partial charge on any atom is 0.250 e. The Morgan fingerprint density at radius 3 is 2.85 bits per heavy atom. The zero-order valence-electron chi connectivity index (χ0n) is 6.86. The van der Waals surface area contributed by atoms with Gasteiger partial charge in [-0.05, 0) is 12.1 Å². The van der Waals surface area contributed by atoms with E-state index in [-0.39, 0.29) is 0 Å². The minimum Gasteiger partial charge on any atom is -0.421 e. The van der Waals surface area contributed by atoms with Gasteiger partial charge in [0.1, 0.15) is 5.15 Å². The van der Waals surface area contributed by atoms with Crippen molar-refractivity contribution in [2.24, 2.45) is 0 Å². The summed E-state index contributed by atoms with van der Waals surface area (Å²) in [4.78, 5) is 3.90. The normalized spacial score (nSPS) is 10.3. The first-order valence-corrected chi connectivity index (χ1v) is 4.06. The fraction of sp³-hybridized carbons (Fsp3) is 0.125. The van der Waals surface area contributed by atoms with E-state index in [0.29, 0.717) is 22.5 Å². The lowest BCUT2D eigenvalue weighted by molar-refractivity contribution is 0.532. The second-order valence-electron chi connectivity index (χ2n) is 2.47. The summed E-state index contributed by atoms with van der Waals surface area (Å²) in [5.74, 6) is 0.908. The standard InChI is InChI=1S/C8H6ClN3O/c1-5-11-12-8(13-5)6-3-2-4-10-7(6)9/h2-4H,1H3. The summed E-state index contributed by atoms with van der Waals surface area (Å²) in [5, 5.41) is 7.90. The van der Waals surface area contributed by atoms with E-state index in [0.717, 1.165) is 0 Å². The average molecular weight is 196 g/mol. The van der Waals surface area contributed by atoms with E-state index in [1.807, 2.05) is 0 Å². The third-order valence-corrected chi connectivity index (χ3v) is 1.82. The molecule has 0 aromatic carbocycles. The highest BCUT2D eigenvalue weighted by Crippen LogP contribution is 2.23. The minimum absolute atomic E-state index is 0.367. The van der Waals surface area contributed by atoms with Gasteiger partial charge >= 0.3 is 0 Å². The molecule has 0 saturated heterocycles. The number of hydrogen-bond donors (Lipinski definition) is 0. The molecule has 0 fully saturated rings. The monoisotopic (exact) mass is 195 g/mol. The highest BCUT2D eigenvalue weighted by atomic mass is 35.5. The van der Waals surface area contributed by atoms with Crippen LogP contribution in [0.3, 0.4) is 0 Å². The van der Waals surface area contributed by atoms with Crippen LogP contribution >= 0.6 is 11.6 Å². The van der Waals surface area contributed by atoms with Crippen LogP contribution in [0.4, 0.5) is 0 Å². The van der Waals surface area contributed by atoms with E-state index < -0.39 is 0 Å². The lowest BCUT2D eigenvalue weighted by atomic mass is 10.3. The van der Waals surface area contributed by atoms with Gasteiger partial charge in [0.05, 0.1) is 5.56 Å². The van der Waals surface area contributed by atoms with Crippen molar-refractivity contribution in [2.45, 2.75) is 6.92 Å². The summed E-state index contributed by atoms with van der Waals surface area (Å²) in [6.07, 6.45) is 1.61. The maximum absolute atomic E-state index is 5.83. The minimum atomic E-state index is 0.367. The van der Waals surface area contributed by atoms with Crippen molar-refractivity contribution in [2.75, 3.05) is 0 Å². The topological polar surface area (TPSA) is 51.8 Å². The van der Waals surface area contributed by atoms with Crippen molar-refractivity contribution >= 4 is 11.6 Å². The van der Waals surface area contributed by atoms with Gasteiger partial charge in [-0.3, -0.25) is 0 Å². The van der Waals surface area contributed by atoms with Gasteiger partial charge in [-0.2, -0.15) is 0 Å². The molecule has 0 bridgehead atoms. The summed E-state index contributed by atoms with van der Waals surface area (Å²) < 4.78 is 5.20. The van der Waals surface area contributed by atoms with Gasteiger partial charge in [-0.25, -0.2) is 4.98 Å². The molecular formula is C8H6ClN3O. The van der Waals surface area contributed by atoms with Crippen LogP contribution in [-0.2, 0) is 0 Å². The molecule has 0 saturated carbocycles. The van der Waals surface area contributed by atoms with Crippen molar-refractivity contribution in [1.29, 1.82) is 0 Å². The Labute approximate surface area is 79.6 Å². The van der Waals surface area contributed by atoms with Crippen LogP contribution in [0.1, 0.15) is 5.89 Å². The molecule has 2 aromatic rings. The number of pyridine rings is 1. The van der Waals surface area contributed by atoms with Gasteiger partial charge < -0.3 is 4.42 Å². The fourth-order valence-corrected chi connectivity index (χ4v) is 1.15. The maximum atomic E-state index is 5.83. The number of hydrogen-bond acceptors (Lipinski definition) is 4. The number of rotatable bonds is 1. The summed E-state index contributed by atoms with van der Waals surface area (Å²) in [6, 6.07) is 3.54. The van der Waals surface area contributed by atoms with Crippen molar-refractivity contribution in [3.63, 3.8) is 0 Å². The zero-order valence-corrected chi connectivity index (χ0v) is 7.62. The van der Waals surface area contributed by atoms with Gasteiger partial charge in [-0.15, -0.1) is 10.2 Å². The van der Waals surface area contributed by atoms with E-state index in [1.165, 1.54) is 0 Å². The fourth-order valence-electron chi connectivity index (χ4n) is 0.951. The number of aromatic nitrogens is 3. The first kappa shape index (κ1) is 8.19. The van der Waals surface area contributed by atoms with Crippen LogP contribution in [0, 0.1) is 6.92 Å². The molecule has 0 aliphatic heterocycles. The van der Waals surface area contributed by atoms with Gasteiger partial charge in [0.15, 0.2) is 0 Å².